The molecule has 0 heterocycles. The number of aliphatic hydroxyl groups is 1. The van der Waals surface area contributed by atoms with Crippen LogP contribution in [0.2, 0.25) is 0 Å². The average molecular weight is 291 g/mol. The lowest BCUT2D eigenvalue weighted by molar-refractivity contribution is 0.151. The highest BCUT2D eigenvalue weighted by Gasteiger charge is 2.24. The highest BCUT2D eigenvalue weighted by Crippen LogP contribution is 2.22. The Kier molecular flexibility index (Phi) is 5.04. The van der Waals surface area contributed by atoms with Crippen LogP contribution in [0, 0.1) is 0 Å². The SMILES string of the molecule is CC(CO)(NCc1ccc(C(F)F)cc1)c1ccccc1. The molecule has 21 heavy (non-hydrogen) atoms. The molecule has 0 aromatic heterocycles. The summed E-state index contributed by atoms with van der Waals surface area (Å²) >= 11 is 0. The molecule has 0 aliphatic heterocycles. The van der Waals surface area contributed by atoms with Crippen LogP contribution >= 0.6 is 0 Å². The fourth-order valence-corrected chi connectivity index (χ4v) is 2.13. The van der Waals surface area contributed by atoms with Gasteiger partial charge in [0.2, 0.25) is 0 Å². The van der Waals surface area contributed by atoms with Gasteiger partial charge in [0.05, 0.1) is 12.1 Å². The summed E-state index contributed by atoms with van der Waals surface area (Å²) in [5.41, 5.74) is 1.33. The molecule has 2 nitrogen and oxygen atoms in total. The zero-order valence-corrected chi connectivity index (χ0v) is 11.9. The summed E-state index contributed by atoms with van der Waals surface area (Å²) in [6.45, 7) is 2.36. The van der Waals surface area contributed by atoms with Crippen LogP contribution in [-0.4, -0.2) is 11.7 Å². The summed E-state index contributed by atoms with van der Waals surface area (Å²) in [6.07, 6.45) is -2.45. The molecule has 2 N–H and O–H groups in total. The molecule has 1 unspecified atom stereocenters. The van der Waals surface area contributed by atoms with Crippen LogP contribution < -0.4 is 5.32 Å². The lowest BCUT2D eigenvalue weighted by Crippen LogP contribution is -2.42. The van der Waals surface area contributed by atoms with E-state index in [1.807, 2.05) is 37.3 Å². The molecule has 0 aliphatic carbocycles. The Morgan fingerprint density at radius 2 is 1.67 bits per heavy atom. The predicted molar refractivity (Wildman–Crippen MR) is 79.1 cm³/mol. The molecule has 112 valence electrons. The van der Waals surface area contributed by atoms with Gasteiger partial charge in [-0.05, 0) is 18.1 Å². The van der Waals surface area contributed by atoms with Crippen molar-refractivity contribution in [1.29, 1.82) is 0 Å². The summed E-state index contributed by atoms with van der Waals surface area (Å²) in [5.74, 6) is 0. The fourth-order valence-electron chi connectivity index (χ4n) is 2.13. The van der Waals surface area contributed by atoms with Crippen molar-refractivity contribution in [1.82, 2.24) is 5.32 Å². The van der Waals surface area contributed by atoms with E-state index in [1.54, 1.807) is 12.1 Å². The lowest BCUT2D eigenvalue weighted by Gasteiger charge is -2.29. The first-order valence-corrected chi connectivity index (χ1v) is 6.83. The number of alkyl halides is 2. The molecule has 0 spiro atoms. The van der Waals surface area contributed by atoms with Gasteiger partial charge in [0.15, 0.2) is 0 Å². The Balaban J connectivity index is 2.06. The molecule has 0 aliphatic rings. The van der Waals surface area contributed by atoms with Gasteiger partial charge in [-0.15, -0.1) is 0 Å². The number of hydrogen-bond acceptors (Lipinski definition) is 2. The van der Waals surface area contributed by atoms with Crippen LogP contribution in [0.4, 0.5) is 8.78 Å². The molecule has 0 saturated carbocycles. The molecular weight excluding hydrogens is 272 g/mol. The minimum Gasteiger partial charge on any atom is -0.394 e. The normalized spacial score (nSPS) is 14.1. The zero-order chi connectivity index (χ0) is 15.3. The molecule has 0 bridgehead atoms. The van der Waals surface area contributed by atoms with E-state index in [1.165, 1.54) is 12.1 Å². The quantitative estimate of drug-likeness (QED) is 0.852. The van der Waals surface area contributed by atoms with Crippen molar-refractivity contribution < 1.29 is 13.9 Å². The third-order valence-corrected chi connectivity index (χ3v) is 3.64. The van der Waals surface area contributed by atoms with E-state index in [9.17, 15) is 13.9 Å². The second kappa shape index (κ2) is 6.78. The van der Waals surface area contributed by atoms with Crippen LogP contribution in [-0.2, 0) is 12.1 Å². The van der Waals surface area contributed by atoms with Crippen LogP contribution in [0.15, 0.2) is 54.6 Å². The summed E-state index contributed by atoms with van der Waals surface area (Å²) in [5, 5.41) is 13.0. The van der Waals surface area contributed by atoms with Crippen molar-refractivity contribution in [2.45, 2.75) is 25.4 Å². The maximum Gasteiger partial charge on any atom is 0.263 e. The molecule has 2 rings (SSSR count). The Morgan fingerprint density at radius 3 is 2.19 bits per heavy atom. The van der Waals surface area contributed by atoms with E-state index in [4.69, 9.17) is 0 Å². The van der Waals surface area contributed by atoms with Crippen molar-refractivity contribution in [3.63, 3.8) is 0 Å². The topological polar surface area (TPSA) is 32.3 Å². The second-order valence-corrected chi connectivity index (χ2v) is 5.25. The third-order valence-electron chi connectivity index (χ3n) is 3.64. The summed E-state index contributed by atoms with van der Waals surface area (Å²) < 4.78 is 25.0. The first kappa shape index (κ1) is 15.6. The van der Waals surface area contributed by atoms with Gasteiger partial charge in [-0.1, -0.05) is 54.6 Å². The van der Waals surface area contributed by atoms with E-state index in [-0.39, 0.29) is 12.2 Å². The number of nitrogens with one attached hydrogen (secondary N) is 1. The molecular formula is C17H19F2NO. The first-order valence-electron chi connectivity index (χ1n) is 6.83. The average Bonchev–Trinajstić information content (AvgIpc) is 2.54. The highest BCUT2D eigenvalue weighted by atomic mass is 19.3. The van der Waals surface area contributed by atoms with Gasteiger partial charge in [0.25, 0.3) is 6.43 Å². The second-order valence-electron chi connectivity index (χ2n) is 5.25. The third kappa shape index (κ3) is 3.86. The maximum absolute atomic E-state index is 12.5. The molecule has 0 saturated heterocycles. The fraction of sp³-hybridized carbons (Fsp3) is 0.294. The van der Waals surface area contributed by atoms with Gasteiger partial charge < -0.3 is 10.4 Å². The van der Waals surface area contributed by atoms with Crippen molar-refractivity contribution in [3.05, 3.63) is 71.3 Å². The van der Waals surface area contributed by atoms with Crippen LogP contribution in [0.25, 0.3) is 0 Å². The standard InChI is InChI=1S/C17H19F2NO/c1-17(12-21,15-5-3-2-4-6-15)20-11-13-7-9-14(10-8-13)16(18)19/h2-10,16,20-21H,11-12H2,1H3. The van der Waals surface area contributed by atoms with Gasteiger partial charge in [-0.2, -0.15) is 0 Å². The van der Waals surface area contributed by atoms with Gasteiger partial charge in [0.1, 0.15) is 0 Å². The van der Waals surface area contributed by atoms with Gasteiger partial charge in [-0.25, -0.2) is 8.78 Å². The molecule has 0 amide bonds. The van der Waals surface area contributed by atoms with Gasteiger partial charge in [-0.3, -0.25) is 0 Å². The van der Waals surface area contributed by atoms with Crippen molar-refractivity contribution in [2.75, 3.05) is 6.61 Å². The summed E-state index contributed by atoms with van der Waals surface area (Å²) in [7, 11) is 0. The summed E-state index contributed by atoms with van der Waals surface area (Å²) in [6, 6.07) is 15.9. The van der Waals surface area contributed by atoms with Crippen molar-refractivity contribution in [2.24, 2.45) is 0 Å². The van der Waals surface area contributed by atoms with Crippen LogP contribution in [0.5, 0.6) is 0 Å². The first-order chi connectivity index (χ1) is 10.0. The van der Waals surface area contributed by atoms with Crippen molar-refractivity contribution >= 4 is 0 Å². The zero-order valence-electron chi connectivity index (χ0n) is 11.9. The van der Waals surface area contributed by atoms with Crippen molar-refractivity contribution in [3.8, 4) is 0 Å². The molecule has 0 fully saturated rings. The van der Waals surface area contributed by atoms with Crippen LogP contribution in [0.3, 0.4) is 0 Å². The highest BCUT2D eigenvalue weighted by molar-refractivity contribution is 5.26. The van der Waals surface area contributed by atoms with E-state index < -0.39 is 12.0 Å². The van der Waals surface area contributed by atoms with Crippen LogP contribution in [0.1, 0.15) is 30.0 Å². The van der Waals surface area contributed by atoms with E-state index >= 15 is 0 Å². The Labute approximate surface area is 123 Å². The molecule has 0 radical (unpaired) electrons. The Hall–Kier alpha value is -1.78. The Morgan fingerprint density at radius 1 is 1.05 bits per heavy atom. The van der Waals surface area contributed by atoms with Gasteiger partial charge in [0, 0.05) is 12.1 Å². The predicted octanol–water partition coefficient (Wildman–Crippen LogP) is 3.62. The lowest BCUT2D eigenvalue weighted by atomic mass is 9.92. The van der Waals surface area contributed by atoms with E-state index in [0.29, 0.717) is 6.54 Å². The smallest absolute Gasteiger partial charge is 0.263 e. The monoisotopic (exact) mass is 291 g/mol. The number of aliphatic hydroxyl groups excluding tert-OH is 1. The van der Waals surface area contributed by atoms with E-state index in [0.717, 1.165) is 11.1 Å². The molecule has 2 aromatic carbocycles. The number of rotatable bonds is 6. The number of benzene rings is 2. The maximum atomic E-state index is 12.5. The van der Waals surface area contributed by atoms with Gasteiger partial charge >= 0.3 is 0 Å². The Bertz CT molecular complexity index is 557. The largest absolute Gasteiger partial charge is 0.394 e. The molecule has 1 atom stereocenters. The number of hydrogen-bond donors (Lipinski definition) is 2. The van der Waals surface area contributed by atoms with E-state index in [2.05, 4.69) is 5.32 Å². The number of halogens is 2. The minimum atomic E-state index is -2.45. The minimum absolute atomic E-state index is 0.0201. The summed E-state index contributed by atoms with van der Waals surface area (Å²) in [4.78, 5) is 0. The molecule has 4 heteroatoms. The molecule has 2 aromatic rings.